The van der Waals surface area contributed by atoms with E-state index in [1.165, 1.54) is 0 Å². The van der Waals surface area contributed by atoms with E-state index in [2.05, 4.69) is 15.2 Å². The quantitative estimate of drug-likeness (QED) is 0.456. The zero-order valence-corrected chi connectivity index (χ0v) is 17.7. The Morgan fingerprint density at radius 1 is 1.10 bits per heavy atom. The normalized spacial score (nSPS) is 11.2. The molecule has 0 aliphatic heterocycles. The summed E-state index contributed by atoms with van der Waals surface area (Å²) in [5.41, 5.74) is 1.91. The summed E-state index contributed by atoms with van der Waals surface area (Å²) in [6.45, 7) is 1.91. The fourth-order valence-corrected chi connectivity index (χ4v) is 3.80. The minimum absolute atomic E-state index is 0.256. The Kier molecular flexibility index (Phi) is 6.11. The standard InChI is InChI=1S/C23H23N3O3S/c1-26(2)13-14-28-17-9-7-16(8-10-17)15-24-22(27)19-11-12-20(29-19)23-25-18-5-3-4-6-21(18)30-23/h3-12H,13-15H2,1-2H3,(H,24,27). The summed E-state index contributed by atoms with van der Waals surface area (Å²) < 4.78 is 12.5. The van der Waals surface area contributed by atoms with Crippen LogP contribution in [0.2, 0.25) is 0 Å². The number of benzene rings is 2. The van der Waals surface area contributed by atoms with E-state index in [0.29, 0.717) is 18.9 Å². The van der Waals surface area contributed by atoms with Gasteiger partial charge in [-0.2, -0.15) is 0 Å². The molecule has 4 rings (SSSR count). The van der Waals surface area contributed by atoms with Gasteiger partial charge >= 0.3 is 0 Å². The van der Waals surface area contributed by atoms with E-state index in [1.807, 2.05) is 62.6 Å². The van der Waals surface area contributed by atoms with Crippen LogP contribution in [-0.4, -0.2) is 43.0 Å². The molecule has 0 aliphatic carbocycles. The number of carbonyl (C=O) groups is 1. The number of aromatic nitrogens is 1. The van der Waals surface area contributed by atoms with E-state index in [1.54, 1.807) is 23.5 Å². The predicted molar refractivity (Wildman–Crippen MR) is 119 cm³/mol. The number of thiazole rings is 1. The zero-order chi connectivity index (χ0) is 20.9. The lowest BCUT2D eigenvalue weighted by molar-refractivity contribution is 0.0924. The highest BCUT2D eigenvalue weighted by atomic mass is 32.1. The van der Waals surface area contributed by atoms with Gasteiger partial charge in [0.05, 0.1) is 10.2 Å². The maximum Gasteiger partial charge on any atom is 0.287 e. The maximum absolute atomic E-state index is 12.5. The van der Waals surface area contributed by atoms with Crippen LogP contribution in [0.4, 0.5) is 0 Å². The maximum atomic E-state index is 12.5. The third kappa shape index (κ3) is 4.87. The number of amides is 1. The van der Waals surface area contributed by atoms with E-state index in [-0.39, 0.29) is 11.7 Å². The number of nitrogens with zero attached hydrogens (tertiary/aromatic N) is 2. The average molecular weight is 422 g/mol. The Labute approximate surface area is 179 Å². The summed E-state index contributed by atoms with van der Waals surface area (Å²) >= 11 is 1.54. The molecule has 0 fully saturated rings. The molecule has 7 heteroatoms. The topological polar surface area (TPSA) is 67.6 Å². The largest absolute Gasteiger partial charge is 0.492 e. The molecule has 0 bridgehead atoms. The number of ether oxygens (including phenoxy) is 1. The number of para-hydroxylation sites is 1. The van der Waals surface area contributed by atoms with Crippen LogP contribution >= 0.6 is 11.3 Å². The van der Waals surface area contributed by atoms with Crippen molar-refractivity contribution in [3.63, 3.8) is 0 Å². The van der Waals surface area contributed by atoms with Gasteiger partial charge in [0.1, 0.15) is 12.4 Å². The van der Waals surface area contributed by atoms with Crippen molar-refractivity contribution in [3.05, 3.63) is 72.0 Å². The lowest BCUT2D eigenvalue weighted by Crippen LogP contribution is -2.22. The van der Waals surface area contributed by atoms with E-state index in [9.17, 15) is 4.79 Å². The van der Waals surface area contributed by atoms with Gasteiger partial charge in [-0.25, -0.2) is 4.98 Å². The number of hydrogen-bond acceptors (Lipinski definition) is 6. The summed E-state index contributed by atoms with van der Waals surface area (Å²) in [5.74, 6) is 1.43. The smallest absolute Gasteiger partial charge is 0.287 e. The van der Waals surface area contributed by atoms with Gasteiger partial charge in [-0.05, 0) is 56.1 Å². The first-order chi connectivity index (χ1) is 14.6. The average Bonchev–Trinajstić information content (AvgIpc) is 3.40. The number of hydrogen-bond donors (Lipinski definition) is 1. The van der Waals surface area contributed by atoms with Gasteiger partial charge in [-0.3, -0.25) is 4.79 Å². The van der Waals surface area contributed by atoms with Crippen LogP contribution < -0.4 is 10.1 Å². The minimum Gasteiger partial charge on any atom is -0.492 e. The third-order valence-electron chi connectivity index (χ3n) is 4.52. The minimum atomic E-state index is -0.256. The Bertz CT molecular complexity index is 1100. The molecule has 0 spiro atoms. The van der Waals surface area contributed by atoms with Crippen LogP contribution in [0, 0.1) is 0 Å². The molecule has 0 unspecified atom stereocenters. The van der Waals surface area contributed by atoms with Crippen LogP contribution in [-0.2, 0) is 6.54 Å². The number of rotatable bonds is 8. The first kappa shape index (κ1) is 20.1. The molecule has 2 aromatic carbocycles. The van der Waals surface area contributed by atoms with E-state index < -0.39 is 0 Å². The van der Waals surface area contributed by atoms with Crippen molar-refractivity contribution in [1.82, 2.24) is 15.2 Å². The van der Waals surface area contributed by atoms with Crippen molar-refractivity contribution in [2.75, 3.05) is 27.2 Å². The first-order valence-corrected chi connectivity index (χ1v) is 10.5. The van der Waals surface area contributed by atoms with Crippen molar-refractivity contribution in [2.24, 2.45) is 0 Å². The lowest BCUT2D eigenvalue weighted by atomic mass is 10.2. The highest BCUT2D eigenvalue weighted by molar-refractivity contribution is 7.21. The van der Waals surface area contributed by atoms with Gasteiger partial charge in [0.2, 0.25) is 0 Å². The van der Waals surface area contributed by atoms with Crippen LogP contribution in [0.5, 0.6) is 5.75 Å². The number of fused-ring (bicyclic) bond motifs is 1. The Morgan fingerprint density at radius 3 is 2.67 bits per heavy atom. The van der Waals surface area contributed by atoms with E-state index in [4.69, 9.17) is 9.15 Å². The fraction of sp³-hybridized carbons (Fsp3) is 0.217. The molecule has 0 radical (unpaired) electrons. The molecular formula is C23H23N3O3S. The Balaban J connectivity index is 1.33. The van der Waals surface area contributed by atoms with Crippen LogP contribution in [0.25, 0.3) is 21.0 Å². The second-order valence-electron chi connectivity index (χ2n) is 7.13. The zero-order valence-electron chi connectivity index (χ0n) is 16.9. The van der Waals surface area contributed by atoms with Crippen LogP contribution in [0.1, 0.15) is 16.1 Å². The summed E-state index contributed by atoms with van der Waals surface area (Å²) in [4.78, 5) is 19.1. The molecule has 154 valence electrons. The molecule has 30 heavy (non-hydrogen) atoms. The Morgan fingerprint density at radius 2 is 1.90 bits per heavy atom. The fourth-order valence-electron chi connectivity index (χ4n) is 2.87. The van der Waals surface area contributed by atoms with Gasteiger partial charge in [-0.15, -0.1) is 11.3 Å². The van der Waals surface area contributed by atoms with Crippen LogP contribution in [0.15, 0.2) is 65.1 Å². The summed E-state index contributed by atoms with van der Waals surface area (Å²) in [5, 5.41) is 3.65. The molecule has 0 saturated carbocycles. The lowest BCUT2D eigenvalue weighted by Gasteiger charge is -2.11. The third-order valence-corrected chi connectivity index (χ3v) is 5.57. The molecule has 4 aromatic rings. The molecule has 2 heterocycles. The highest BCUT2D eigenvalue weighted by Crippen LogP contribution is 2.31. The molecular weight excluding hydrogens is 398 g/mol. The van der Waals surface area contributed by atoms with Crippen molar-refractivity contribution in [2.45, 2.75) is 6.54 Å². The number of likely N-dealkylation sites (N-methyl/N-ethyl adjacent to an activating group) is 1. The first-order valence-electron chi connectivity index (χ1n) is 9.69. The van der Waals surface area contributed by atoms with Gasteiger partial charge in [0.25, 0.3) is 5.91 Å². The monoisotopic (exact) mass is 421 g/mol. The number of carbonyl (C=O) groups excluding carboxylic acids is 1. The summed E-state index contributed by atoms with van der Waals surface area (Å²) in [7, 11) is 4.02. The summed E-state index contributed by atoms with van der Waals surface area (Å²) in [6.07, 6.45) is 0. The molecule has 1 N–H and O–H groups in total. The van der Waals surface area contributed by atoms with Gasteiger partial charge in [0, 0.05) is 13.1 Å². The van der Waals surface area contributed by atoms with Gasteiger partial charge in [0.15, 0.2) is 16.5 Å². The molecule has 0 atom stereocenters. The number of nitrogens with one attached hydrogen (secondary N) is 1. The molecule has 2 aromatic heterocycles. The van der Waals surface area contributed by atoms with E-state index in [0.717, 1.165) is 33.1 Å². The second-order valence-corrected chi connectivity index (χ2v) is 8.16. The predicted octanol–water partition coefficient (Wildman–Crippen LogP) is 4.43. The van der Waals surface area contributed by atoms with Crippen molar-refractivity contribution >= 4 is 27.5 Å². The molecule has 1 amide bonds. The van der Waals surface area contributed by atoms with Crippen molar-refractivity contribution in [3.8, 4) is 16.5 Å². The van der Waals surface area contributed by atoms with Crippen molar-refractivity contribution in [1.29, 1.82) is 0 Å². The van der Waals surface area contributed by atoms with Gasteiger partial charge < -0.3 is 19.4 Å². The van der Waals surface area contributed by atoms with Gasteiger partial charge in [-0.1, -0.05) is 24.3 Å². The summed E-state index contributed by atoms with van der Waals surface area (Å²) in [6, 6.07) is 19.1. The molecule has 6 nitrogen and oxygen atoms in total. The van der Waals surface area contributed by atoms with Crippen molar-refractivity contribution < 1.29 is 13.9 Å². The van der Waals surface area contributed by atoms with E-state index >= 15 is 0 Å². The second kappa shape index (κ2) is 9.11. The Hall–Kier alpha value is -3.16. The molecule has 0 saturated heterocycles. The van der Waals surface area contributed by atoms with Crippen LogP contribution in [0.3, 0.4) is 0 Å². The number of furan rings is 1. The highest BCUT2D eigenvalue weighted by Gasteiger charge is 2.14. The molecule has 0 aliphatic rings. The SMILES string of the molecule is CN(C)CCOc1ccc(CNC(=O)c2ccc(-c3nc4ccccc4s3)o2)cc1.